The maximum atomic E-state index is 11.5. The normalized spacial score (nSPS) is 12.1. The zero-order valence-electron chi connectivity index (χ0n) is 10.9. The molecule has 1 aromatic carbocycles. The topological polar surface area (TPSA) is 64.3 Å². The standard InChI is InChI=1S/C14H22N2O2/c1-18-10-6-5-9-14(17)16-11-13(15)12-7-3-2-4-8-12/h2-4,7-8,13H,5-6,9-11,15H2,1H3,(H,16,17). The number of nitrogens with one attached hydrogen (secondary N) is 1. The van der Waals surface area contributed by atoms with Gasteiger partial charge in [0.05, 0.1) is 0 Å². The van der Waals surface area contributed by atoms with Crippen molar-refractivity contribution < 1.29 is 9.53 Å². The van der Waals surface area contributed by atoms with Gasteiger partial charge in [-0.05, 0) is 18.4 Å². The van der Waals surface area contributed by atoms with Crippen molar-refractivity contribution in [2.45, 2.75) is 25.3 Å². The Balaban J connectivity index is 2.18. The maximum absolute atomic E-state index is 11.5. The van der Waals surface area contributed by atoms with Crippen molar-refractivity contribution in [2.24, 2.45) is 5.73 Å². The highest BCUT2D eigenvalue weighted by molar-refractivity contribution is 5.75. The van der Waals surface area contributed by atoms with Gasteiger partial charge in [-0.15, -0.1) is 0 Å². The highest BCUT2D eigenvalue weighted by atomic mass is 16.5. The third-order valence-electron chi connectivity index (χ3n) is 2.75. The molecule has 1 amide bonds. The molecule has 0 spiro atoms. The number of carbonyl (C=O) groups is 1. The van der Waals surface area contributed by atoms with Crippen LogP contribution in [-0.4, -0.2) is 26.2 Å². The van der Waals surface area contributed by atoms with E-state index >= 15 is 0 Å². The van der Waals surface area contributed by atoms with Crippen LogP contribution in [0.5, 0.6) is 0 Å². The highest BCUT2D eigenvalue weighted by Crippen LogP contribution is 2.08. The van der Waals surface area contributed by atoms with E-state index in [1.165, 1.54) is 0 Å². The predicted octanol–water partition coefficient (Wildman–Crippen LogP) is 1.62. The summed E-state index contributed by atoms with van der Waals surface area (Å²) < 4.78 is 4.93. The molecule has 0 aromatic heterocycles. The number of hydrogen-bond acceptors (Lipinski definition) is 3. The molecule has 0 saturated heterocycles. The third-order valence-corrected chi connectivity index (χ3v) is 2.75. The van der Waals surface area contributed by atoms with Crippen molar-refractivity contribution in [3.05, 3.63) is 35.9 Å². The van der Waals surface area contributed by atoms with E-state index < -0.39 is 0 Å². The van der Waals surface area contributed by atoms with Gasteiger partial charge in [0, 0.05) is 32.7 Å². The van der Waals surface area contributed by atoms with Gasteiger partial charge in [-0.3, -0.25) is 4.79 Å². The Hall–Kier alpha value is -1.39. The first kappa shape index (κ1) is 14.7. The fraction of sp³-hybridized carbons (Fsp3) is 0.500. The van der Waals surface area contributed by atoms with E-state index in [2.05, 4.69) is 5.32 Å². The molecule has 0 aliphatic heterocycles. The van der Waals surface area contributed by atoms with Crippen LogP contribution in [0.3, 0.4) is 0 Å². The number of hydrogen-bond donors (Lipinski definition) is 2. The lowest BCUT2D eigenvalue weighted by atomic mass is 10.1. The largest absolute Gasteiger partial charge is 0.385 e. The van der Waals surface area contributed by atoms with E-state index in [1.807, 2.05) is 30.3 Å². The second-order valence-electron chi connectivity index (χ2n) is 4.27. The van der Waals surface area contributed by atoms with Gasteiger partial charge in [0.15, 0.2) is 0 Å². The zero-order valence-corrected chi connectivity index (χ0v) is 10.9. The molecule has 18 heavy (non-hydrogen) atoms. The Kier molecular flexibility index (Phi) is 7.06. The van der Waals surface area contributed by atoms with Crippen molar-refractivity contribution >= 4 is 5.91 Å². The predicted molar refractivity (Wildman–Crippen MR) is 72.1 cm³/mol. The van der Waals surface area contributed by atoms with Gasteiger partial charge in [0.1, 0.15) is 0 Å². The molecular weight excluding hydrogens is 228 g/mol. The fourth-order valence-electron chi connectivity index (χ4n) is 1.66. The summed E-state index contributed by atoms with van der Waals surface area (Å²) in [4.78, 5) is 11.5. The molecule has 1 aromatic rings. The molecule has 1 atom stereocenters. The van der Waals surface area contributed by atoms with Crippen LogP contribution in [0, 0.1) is 0 Å². The molecular formula is C14H22N2O2. The summed E-state index contributed by atoms with van der Waals surface area (Å²) in [5, 5.41) is 2.85. The minimum atomic E-state index is -0.144. The van der Waals surface area contributed by atoms with Gasteiger partial charge >= 0.3 is 0 Å². The van der Waals surface area contributed by atoms with E-state index in [9.17, 15) is 4.79 Å². The van der Waals surface area contributed by atoms with E-state index in [0.29, 0.717) is 19.6 Å². The molecule has 0 aliphatic rings. The van der Waals surface area contributed by atoms with Crippen molar-refractivity contribution in [2.75, 3.05) is 20.3 Å². The summed E-state index contributed by atoms with van der Waals surface area (Å²) in [6, 6.07) is 9.63. The molecule has 0 fully saturated rings. The quantitative estimate of drug-likeness (QED) is 0.689. The molecule has 100 valence electrons. The Labute approximate surface area is 109 Å². The van der Waals surface area contributed by atoms with Crippen LogP contribution in [0.25, 0.3) is 0 Å². The van der Waals surface area contributed by atoms with Crippen molar-refractivity contribution in [1.29, 1.82) is 0 Å². The second kappa shape index (κ2) is 8.66. The van der Waals surface area contributed by atoms with Crippen molar-refractivity contribution in [3.63, 3.8) is 0 Å². The minimum absolute atomic E-state index is 0.0532. The summed E-state index contributed by atoms with van der Waals surface area (Å²) in [6.07, 6.45) is 2.29. The Morgan fingerprint density at radius 1 is 1.33 bits per heavy atom. The van der Waals surface area contributed by atoms with Crippen LogP contribution < -0.4 is 11.1 Å². The number of benzene rings is 1. The lowest BCUT2D eigenvalue weighted by Crippen LogP contribution is -2.31. The smallest absolute Gasteiger partial charge is 0.220 e. The van der Waals surface area contributed by atoms with Crippen LogP contribution in [0.1, 0.15) is 30.9 Å². The number of nitrogens with two attached hydrogens (primary N) is 1. The molecule has 3 N–H and O–H groups in total. The Bertz CT molecular complexity index is 341. The zero-order chi connectivity index (χ0) is 13.2. The summed E-state index contributed by atoms with van der Waals surface area (Å²) in [5.74, 6) is 0.0532. The molecule has 0 aliphatic carbocycles. The second-order valence-corrected chi connectivity index (χ2v) is 4.27. The lowest BCUT2D eigenvalue weighted by Gasteiger charge is -2.13. The third kappa shape index (κ3) is 5.80. The van der Waals surface area contributed by atoms with Gasteiger partial charge in [-0.1, -0.05) is 30.3 Å². The number of amides is 1. The Morgan fingerprint density at radius 2 is 2.06 bits per heavy atom. The summed E-state index contributed by atoms with van der Waals surface area (Å²) in [7, 11) is 1.67. The first-order chi connectivity index (χ1) is 8.74. The van der Waals surface area contributed by atoms with E-state index in [0.717, 1.165) is 18.4 Å². The number of methoxy groups -OCH3 is 1. The van der Waals surface area contributed by atoms with E-state index in [1.54, 1.807) is 7.11 Å². The van der Waals surface area contributed by atoms with E-state index in [-0.39, 0.29) is 11.9 Å². The molecule has 0 heterocycles. The maximum Gasteiger partial charge on any atom is 0.220 e. The van der Waals surface area contributed by atoms with Gasteiger partial charge in [-0.2, -0.15) is 0 Å². The van der Waals surface area contributed by atoms with Crippen molar-refractivity contribution in [3.8, 4) is 0 Å². The van der Waals surface area contributed by atoms with Crippen LogP contribution >= 0.6 is 0 Å². The number of ether oxygens (including phenoxy) is 1. The number of carbonyl (C=O) groups excluding carboxylic acids is 1. The SMILES string of the molecule is COCCCCC(=O)NCC(N)c1ccccc1. The monoisotopic (exact) mass is 250 g/mol. The van der Waals surface area contributed by atoms with Gasteiger partial charge in [0.25, 0.3) is 0 Å². The first-order valence-electron chi connectivity index (χ1n) is 6.30. The van der Waals surface area contributed by atoms with Gasteiger partial charge in [0.2, 0.25) is 5.91 Å². The molecule has 0 radical (unpaired) electrons. The highest BCUT2D eigenvalue weighted by Gasteiger charge is 2.07. The molecule has 0 saturated carbocycles. The summed E-state index contributed by atoms with van der Waals surface area (Å²) in [6.45, 7) is 1.18. The molecule has 4 nitrogen and oxygen atoms in total. The van der Waals surface area contributed by atoms with Crippen LogP contribution in [0.2, 0.25) is 0 Å². The summed E-state index contributed by atoms with van der Waals surface area (Å²) in [5.41, 5.74) is 7.02. The first-order valence-corrected chi connectivity index (χ1v) is 6.30. The molecule has 1 unspecified atom stereocenters. The van der Waals surface area contributed by atoms with Crippen LogP contribution in [0.15, 0.2) is 30.3 Å². The van der Waals surface area contributed by atoms with E-state index in [4.69, 9.17) is 10.5 Å². The van der Waals surface area contributed by atoms with Crippen LogP contribution in [0.4, 0.5) is 0 Å². The van der Waals surface area contributed by atoms with Gasteiger partial charge < -0.3 is 15.8 Å². The average Bonchev–Trinajstić information content (AvgIpc) is 2.42. The molecule has 1 rings (SSSR count). The Morgan fingerprint density at radius 3 is 2.72 bits per heavy atom. The summed E-state index contributed by atoms with van der Waals surface area (Å²) >= 11 is 0. The van der Waals surface area contributed by atoms with Crippen LogP contribution in [-0.2, 0) is 9.53 Å². The van der Waals surface area contributed by atoms with Crippen molar-refractivity contribution in [1.82, 2.24) is 5.32 Å². The average molecular weight is 250 g/mol. The van der Waals surface area contributed by atoms with Gasteiger partial charge in [-0.25, -0.2) is 0 Å². The molecule has 4 heteroatoms. The number of rotatable bonds is 8. The minimum Gasteiger partial charge on any atom is -0.385 e. The number of unbranched alkanes of at least 4 members (excludes halogenated alkanes) is 1. The molecule has 0 bridgehead atoms. The lowest BCUT2D eigenvalue weighted by molar-refractivity contribution is -0.121. The fourth-order valence-corrected chi connectivity index (χ4v) is 1.66.